The molecule has 0 aliphatic carbocycles. The zero-order chi connectivity index (χ0) is 15.8. The molecule has 115 valence electrons. The maximum Gasteiger partial charge on any atom is 2.00 e. The molecule has 0 atom stereocenters. The van der Waals surface area contributed by atoms with E-state index in [0.717, 1.165) is 22.6 Å². The summed E-state index contributed by atoms with van der Waals surface area (Å²) < 4.78 is 5.37. The second-order valence-corrected chi connectivity index (χ2v) is 4.67. The van der Waals surface area contributed by atoms with Crippen molar-refractivity contribution in [2.24, 2.45) is 0 Å². The summed E-state index contributed by atoms with van der Waals surface area (Å²) in [6.45, 7) is 4.86. The molecule has 0 fully saturated rings. The molecule has 3 aromatic rings. The van der Waals surface area contributed by atoms with Crippen molar-refractivity contribution in [3.8, 4) is 22.6 Å². The van der Waals surface area contributed by atoms with Gasteiger partial charge in [0.2, 0.25) is 0 Å². The van der Waals surface area contributed by atoms with Crippen LogP contribution in [0.15, 0.2) is 65.1 Å². The molecule has 0 unspecified atom stereocenters. The molecule has 0 aliphatic rings. The minimum Gasteiger partial charge on any atom is -0.573 e. The van der Waals surface area contributed by atoms with Gasteiger partial charge in [0.1, 0.15) is 6.39 Å². The topological polar surface area (TPSA) is 43.1 Å². The largest absolute Gasteiger partial charge is 2.00 e. The van der Waals surface area contributed by atoms with E-state index in [1.807, 2.05) is 60.7 Å². The zero-order valence-corrected chi connectivity index (χ0v) is 14.3. The molecule has 0 amide bonds. The number of hydrogen-bond donors (Lipinski definition) is 0. The van der Waals surface area contributed by atoms with E-state index < -0.39 is 0 Å². The number of benzene rings is 2. The SMILES string of the molecule is [CH2-]CC(C)=O.[V+2].[c-]1nc(-c2ccccc2)c(-c2ccccc2)o1. The van der Waals surface area contributed by atoms with Crippen LogP contribution >= 0.6 is 0 Å². The first kappa shape index (κ1) is 19.0. The van der Waals surface area contributed by atoms with Gasteiger partial charge in [-0.3, -0.25) is 0 Å². The average molecular weight is 342 g/mol. The molecule has 1 radical (unpaired) electrons. The third-order valence-electron chi connectivity index (χ3n) is 2.96. The summed E-state index contributed by atoms with van der Waals surface area (Å²) >= 11 is 0. The first-order valence-corrected chi connectivity index (χ1v) is 6.98. The predicted molar refractivity (Wildman–Crippen MR) is 86.9 cm³/mol. The van der Waals surface area contributed by atoms with Crippen LogP contribution in [0.5, 0.6) is 0 Å². The van der Waals surface area contributed by atoms with Gasteiger partial charge in [-0.25, -0.2) is 0 Å². The van der Waals surface area contributed by atoms with Crippen LogP contribution in [0.2, 0.25) is 0 Å². The molecular formula is C19H17NO2V. The first-order valence-electron chi connectivity index (χ1n) is 6.98. The Morgan fingerprint density at radius 1 is 1.04 bits per heavy atom. The number of oxazole rings is 1. The van der Waals surface area contributed by atoms with Gasteiger partial charge in [0.15, 0.2) is 0 Å². The predicted octanol–water partition coefficient (Wildman–Crippen LogP) is 4.61. The summed E-state index contributed by atoms with van der Waals surface area (Å²) in [5.41, 5.74) is 2.88. The standard InChI is InChI=1S/C15H10NO.C4H7O.V/c1-3-7-12(8-4-1)14-15(17-11-16-14)13-9-5-2-6-10-13;1-3-4(2)5;/h1-10H;1,3H2,2H3;/q2*-1;+2. The Morgan fingerprint density at radius 3 is 2.00 bits per heavy atom. The molecular weight excluding hydrogens is 325 g/mol. The zero-order valence-electron chi connectivity index (χ0n) is 12.9. The van der Waals surface area contributed by atoms with Crippen LogP contribution in [0.1, 0.15) is 13.3 Å². The Bertz CT molecular complexity index is 655. The van der Waals surface area contributed by atoms with Crippen LogP contribution in [0.4, 0.5) is 0 Å². The molecule has 4 heteroatoms. The van der Waals surface area contributed by atoms with Crippen LogP contribution in [0.25, 0.3) is 22.6 Å². The number of rotatable bonds is 3. The Balaban J connectivity index is 0.000000390. The molecule has 1 heterocycles. The van der Waals surface area contributed by atoms with Crippen LogP contribution in [0, 0.1) is 13.3 Å². The molecule has 0 saturated carbocycles. The molecule has 3 nitrogen and oxygen atoms in total. The fourth-order valence-corrected chi connectivity index (χ4v) is 1.79. The normalized spacial score (nSPS) is 9.30. The maximum absolute atomic E-state index is 9.75. The van der Waals surface area contributed by atoms with Crippen molar-refractivity contribution in [1.29, 1.82) is 0 Å². The molecule has 2 aromatic carbocycles. The number of hydrogen-bond acceptors (Lipinski definition) is 3. The number of ketones is 1. The van der Waals surface area contributed by atoms with E-state index in [-0.39, 0.29) is 24.3 Å². The van der Waals surface area contributed by atoms with Gasteiger partial charge >= 0.3 is 18.6 Å². The summed E-state index contributed by atoms with van der Waals surface area (Å²) in [5, 5.41) is 0. The van der Waals surface area contributed by atoms with Crippen LogP contribution < -0.4 is 0 Å². The van der Waals surface area contributed by atoms with Crippen molar-refractivity contribution in [1.82, 2.24) is 4.98 Å². The van der Waals surface area contributed by atoms with Crippen LogP contribution in [-0.4, -0.2) is 10.8 Å². The fraction of sp³-hybridized carbons (Fsp3) is 0.105. The van der Waals surface area contributed by atoms with Gasteiger partial charge in [0, 0.05) is 5.76 Å². The molecule has 1 aromatic heterocycles. The van der Waals surface area contributed by atoms with Crippen molar-refractivity contribution in [3.63, 3.8) is 0 Å². The van der Waals surface area contributed by atoms with Gasteiger partial charge < -0.3 is 21.1 Å². The van der Waals surface area contributed by atoms with E-state index in [1.54, 1.807) is 0 Å². The molecule has 0 saturated heterocycles. The van der Waals surface area contributed by atoms with Crippen LogP contribution in [0.3, 0.4) is 0 Å². The second kappa shape index (κ2) is 9.83. The van der Waals surface area contributed by atoms with Crippen molar-refractivity contribution in [2.75, 3.05) is 0 Å². The van der Waals surface area contributed by atoms with Gasteiger partial charge in [-0.2, -0.15) is 0 Å². The third-order valence-corrected chi connectivity index (χ3v) is 2.96. The van der Waals surface area contributed by atoms with Gasteiger partial charge in [-0.15, -0.1) is 6.42 Å². The quantitative estimate of drug-likeness (QED) is 0.653. The molecule has 3 rings (SSSR count). The second-order valence-electron chi connectivity index (χ2n) is 4.67. The van der Waals surface area contributed by atoms with Gasteiger partial charge in [0.25, 0.3) is 0 Å². The molecule has 23 heavy (non-hydrogen) atoms. The van der Waals surface area contributed by atoms with Crippen molar-refractivity contribution in [2.45, 2.75) is 13.3 Å². The number of aromatic nitrogens is 1. The van der Waals surface area contributed by atoms with Gasteiger partial charge in [-0.1, -0.05) is 66.2 Å². The molecule has 0 aliphatic heterocycles. The minimum atomic E-state index is 0. The molecule has 0 N–H and O–H groups in total. The fourth-order valence-electron chi connectivity index (χ4n) is 1.79. The van der Waals surface area contributed by atoms with Crippen molar-refractivity contribution < 1.29 is 27.8 Å². The summed E-state index contributed by atoms with van der Waals surface area (Å²) in [6.07, 6.45) is 2.99. The van der Waals surface area contributed by atoms with E-state index in [4.69, 9.17) is 4.42 Å². The van der Waals surface area contributed by atoms with Crippen molar-refractivity contribution >= 4 is 5.78 Å². The minimum absolute atomic E-state index is 0. The Kier molecular flexibility index (Phi) is 8.10. The van der Waals surface area contributed by atoms with Crippen LogP contribution in [-0.2, 0) is 23.4 Å². The van der Waals surface area contributed by atoms with Gasteiger partial charge in [0.05, 0.1) is 5.78 Å². The Morgan fingerprint density at radius 2 is 1.52 bits per heavy atom. The molecule has 0 bridgehead atoms. The Hall–Kier alpha value is -2.10. The average Bonchev–Trinajstić information content (AvgIpc) is 3.06. The maximum atomic E-state index is 9.75. The van der Waals surface area contributed by atoms with Gasteiger partial charge in [-0.05, 0) is 18.2 Å². The number of carbonyl (C=O) groups excluding carboxylic acids is 1. The van der Waals surface area contributed by atoms with E-state index in [9.17, 15) is 4.79 Å². The monoisotopic (exact) mass is 342 g/mol. The van der Waals surface area contributed by atoms with E-state index in [0.29, 0.717) is 6.42 Å². The number of nitrogens with zero attached hydrogens (tertiary/aromatic N) is 1. The number of Topliss-reactive ketones (excluding diaryl/α,β-unsaturated/α-hetero) is 1. The summed E-state index contributed by atoms with van der Waals surface area (Å²) in [5.74, 6) is 0.904. The third kappa shape index (κ3) is 5.55. The van der Waals surface area contributed by atoms with E-state index >= 15 is 0 Å². The van der Waals surface area contributed by atoms with E-state index in [1.165, 1.54) is 6.92 Å². The first-order chi connectivity index (χ1) is 10.7. The molecule has 0 spiro atoms. The summed E-state index contributed by atoms with van der Waals surface area (Å²) in [4.78, 5) is 13.9. The Labute approximate surface area is 148 Å². The van der Waals surface area contributed by atoms with E-state index in [2.05, 4.69) is 18.3 Å². The summed E-state index contributed by atoms with van der Waals surface area (Å²) in [6, 6.07) is 19.9. The summed E-state index contributed by atoms with van der Waals surface area (Å²) in [7, 11) is 0. The smallest absolute Gasteiger partial charge is 0.573 e. The van der Waals surface area contributed by atoms with Crippen molar-refractivity contribution in [3.05, 3.63) is 74.0 Å². The number of carbonyl (C=O) groups is 1.